The minimum absolute atomic E-state index is 0.245. The fraction of sp³-hybridized carbons (Fsp3) is 0.385. The average Bonchev–Trinajstić information content (AvgIpc) is 2.80. The molecule has 21 heavy (non-hydrogen) atoms. The second-order valence-electron chi connectivity index (χ2n) is 5.26. The summed E-state index contributed by atoms with van der Waals surface area (Å²) in [6.07, 6.45) is 2.18. The topological polar surface area (TPSA) is 80.9 Å². The van der Waals surface area contributed by atoms with Gasteiger partial charge in [-0.3, -0.25) is 4.79 Å². The number of benzene rings is 1. The molecule has 1 fully saturated rings. The van der Waals surface area contributed by atoms with E-state index in [1.807, 2.05) is 0 Å². The normalized spacial score (nSPS) is 16.5. The van der Waals surface area contributed by atoms with Crippen molar-refractivity contribution in [2.45, 2.75) is 25.8 Å². The lowest BCUT2D eigenvalue weighted by molar-refractivity contribution is -0.156. The Morgan fingerprint density at radius 3 is 2.48 bits per heavy atom. The molecule has 1 heterocycles. The van der Waals surface area contributed by atoms with Gasteiger partial charge in [0.2, 0.25) is 0 Å². The van der Waals surface area contributed by atoms with Crippen LogP contribution in [-0.4, -0.2) is 31.3 Å². The fourth-order valence-electron chi connectivity index (χ4n) is 2.53. The van der Waals surface area contributed by atoms with E-state index in [9.17, 15) is 9.90 Å². The molecule has 0 aliphatic heterocycles. The van der Waals surface area contributed by atoms with Crippen LogP contribution in [0.2, 0.25) is 10.0 Å². The monoisotopic (exact) mass is 326 g/mol. The summed E-state index contributed by atoms with van der Waals surface area (Å²) in [6, 6.07) is 5.01. The number of carboxylic acid groups (broad SMARTS) is 1. The lowest BCUT2D eigenvalue weighted by atomic mass is 9.69. The molecule has 0 atom stereocenters. The smallest absolute Gasteiger partial charge is 0.311 e. The number of halogens is 2. The molecule has 0 unspecified atom stereocenters. The number of hydrogen-bond acceptors (Lipinski definition) is 4. The fourth-order valence-corrected chi connectivity index (χ4v) is 3.06. The van der Waals surface area contributed by atoms with E-state index >= 15 is 0 Å². The Labute approximate surface area is 130 Å². The van der Waals surface area contributed by atoms with Gasteiger partial charge in [-0.25, -0.2) is 4.68 Å². The Kier molecular flexibility index (Phi) is 3.59. The van der Waals surface area contributed by atoms with E-state index in [0.717, 1.165) is 6.42 Å². The number of carbonyl (C=O) groups is 1. The van der Waals surface area contributed by atoms with Crippen molar-refractivity contribution in [3.05, 3.63) is 28.2 Å². The average molecular weight is 327 g/mol. The highest BCUT2D eigenvalue weighted by atomic mass is 35.5. The molecular weight excluding hydrogens is 315 g/mol. The van der Waals surface area contributed by atoms with Crippen LogP contribution in [0.15, 0.2) is 18.2 Å². The van der Waals surface area contributed by atoms with Gasteiger partial charge in [-0.05, 0) is 41.5 Å². The summed E-state index contributed by atoms with van der Waals surface area (Å²) >= 11 is 12.0. The highest BCUT2D eigenvalue weighted by Crippen LogP contribution is 2.43. The Hall–Kier alpha value is -1.66. The predicted molar refractivity (Wildman–Crippen MR) is 77.2 cm³/mol. The molecule has 0 amide bonds. The first-order valence-electron chi connectivity index (χ1n) is 6.46. The summed E-state index contributed by atoms with van der Waals surface area (Å²) in [5.41, 5.74) is -0.107. The molecule has 110 valence electrons. The minimum Gasteiger partial charge on any atom is -0.481 e. The van der Waals surface area contributed by atoms with Crippen molar-refractivity contribution in [1.29, 1.82) is 0 Å². The van der Waals surface area contributed by atoms with Gasteiger partial charge < -0.3 is 5.11 Å². The van der Waals surface area contributed by atoms with E-state index < -0.39 is 11.4 Å². The van der Waals surface area contributed by atoms with Gasteiger partial charge in [0, 0.05) is 15.6 Å². The Balaban J connectivity index is 1.96. The van der Waals surface area contributed by atoms with Crippen molar-refractivity contribution in [3.63, 3.8) is 0 Å². The van der Waals surface area contributed by atoms with Crippen molar-refractivity contribution in [1.82, 2.24) is 20.2 Å². The Bertz CT molecular complexity index is 677. The van der Waals surface area contributed by atoms with Crippen molar-refractivity contribution in [2.75, 3.05) is 0 Å². The second-order valence-corrected chi connectivity index (χ2v) is 6.13. The molecule has 0 radical (unpaired) electrons. The molecule has 0 bridgehead atoms. The van der Waals surface area contributed by atoms with Gasteiger partial charge in [-0.1, -0.05) is 29.6 Å². The molecule has 6 nitrogen and oxygen atoms in total. The third-order valence-corrected chi connectivity index (χ3v) is 4.31. The zero-order valence-electron chi connectivity index (χ0n) is 11.0. The molecule has 0 saturated heterocycles. The summed E-state index contributed by atoms with van der Waals surface area (Å²) in [7, 11) is 0. The summed E-state index contributed by atoms with van der Waals surface area (Å²) in [5.74, 6) is -0.341. The number of hydrogen-bond donors (Lipinski definition) is 1. The van der Waals surface area contributed by atoms with Crippen LogP contribution < -0.4 is 0 Å². The maximum Gasteiger partial charge on any atom is 0.311 e. The highest BCUT2D eigenvalue weighted by molar-refractivity contribution is 6.35. The zero-order valence-corrected chi connectivity index (χ0v) is 12.5. The van der Waals surface area contributed by atoms with E-state index in [0.29, 0.717) is 34.3 Å². The van der Waals surface area contributed by atoms with Gasteiger partial charge in [0.25, 0.3) is 0 Å². The van der Waals surface area contributed by atoms with Crippen molar-refractivity contribution < 1.29 is 9.90 Å². The van der Waals surface area contributed by atoms with Crippen LogP contribution in [0.1, 0.15) is 19.3 Å². The van der Waals surface area contributed by atoms with Crippen LogP contribution in [0.25, 0.3) is 11.4 Å². The molecule has 2 aromatic rings. The summed E-state index contributed by atoms with van der Waals surface area (Å²) < 4.78 is 1.51. The predicted octanol–water partition coefficient (Wildman–Crippen LogP) is 2.90. The van der Waals surface area contributed by atoms with Gasteiger partial charge >= 0.3 is 5.97 Å². The Morgan fingerprint density at radius 1 is 1.29 bits per heavy atom. The van der Waals surface area contributed by atoms with Gasteiger partial charge in [0.05, 0.1) is 12.0 Å². The SMILES string of the molecule is O=C(O)C1(Cn2nnnc2-c2cc(Cl)cc(Cl)c2)CCC1. The number of nitrogens with zero attached hydrogens (tertiary/aromatic N) is 4. The molecule has 1 aliphatic rings. The van der Waals surface area contributed by atoms with Crippen molar-refractivity contribution in [2.24, 2.45) is 5.41 Å². The maximum absolute atomic E-state index is 11.5. The third-order valence-electron chi connectivity index (χ3n) is 3.87. The van der Waals surface area contributed by atoms with Gasteiger partial charge in [0.15, 0.2) is 5.82 Å². The first kappa shape index (κ1) is 14.3. The first-order valence-corrected chi connectivity index (χ1v) is 7.22. The lowest BCUT2D eigenvalue weighted by Gasteiger charge is -2.37. The molecule has 3 rings (SSSR count). The van der Waals surface area contributed by atoms with Crippen molar-refractivity contribution >= 4 is 29.2 Å². The molecule has 1 aromatic carbocycles. The number of rotatable bonds is 4. The van der Waals surface area contributed by atoms with Crippen LogP contribution >= 0.6 is 23.2 Å². The van der Waals surface area contributed by atoms with E-state index in [1.165, 1.54) is 4.68 Å². The summed E-state index contributed by atoms with van der Waals surface area (Å²) in [4.78, 5) is 11.5. The van der Waals surface area contributed by atoms with Crippen LogP contribution in [0.3, 0.4) is 0 Å². The molecule has 1 N–H and O–H groups in total. The second kappa shape index (κ2) is 5.27. The quantitative estimate of drug-likeness (QED) is 0.934. The summed E-state index contributed by atoms with van der Waals surface area (Å²) in [6.45, 7) is 0.245. The van der Waals surface area contributed by atoms with Crippen LogP contribution in [0.5, 0.6) is 0 Å². The third kappa shape index (κ3) is 2.61. The molecule has 1 saturated carbocycles. The van der Waals surface area contributed by atoms with Crippen LogP contribution in [0.4, 0.5) is 0 Å². The standard InChI is InChI=1S/C13H12Cl2N4O2/c14-9-4-8(5-10(15)6-9)11-16-17-18-19(11)7-13(12(20)21)2-1-3-13/h4-6H,1-3,7H2,(H,20,21). The molecule has 1 aliphatic carbocycles. The molecule has 1 aromatic heterocycles. The van der Waals surface area contributed by atoms with E-state index in [-0.39, 0.29) is 6.54 Å². The van der Waals surface area contributed by atoms with Gasteiger partial charge in [-0.15, -0.1) is 5.10 Å². The largest absolute Gasteiger partial charge is 0.481 e. The first-order chi connectivity index (χ1) is 10.00. The van der Waals surface area contributed by atoms with E-state index in [1.54, 1.807) is 18.2 Å². The number of aromatic nitrogens is 4. The van der Waals surface area contributed by atoms with Crippen LogP contribution in [-0.2, 0) is 11.3 Å². The Morgan fingerprint density at radius 2 is 1.95 bits per heavy atom. The maximum atomic E-state index is 11.5. The number of tetrazole rings is 1. The van der Waals surface area contributed by atoms with Gasteiger partial charge in [-0.2, -0.15) is 0 Å². The van der Waals surface area contributed by atoms with E-state index in [2.05, 4.69) is 15.5 Å². The van der Waals surface area contributed by atoms with E-state index in [4.69, 9.17) is 23.2 Å². The van der Waals surface area contributed by atoms with Gasteiger partial charge in [0.1, 0.15) is 0 Å². The summed E-state index contributed by atoms with van der Waals surface area (Å²) in [5, 5.41) is 21.9. The van der Waals surface area contributed by atoms with Crippen LogP contribution in [0, 0.1) is 5.41 Å². The number of aliphatic carboxylic acids is 1. The number of carboxylic acids is 1. The minimum atomic E-state index is -0.806. The lowest BCUT2D eigenvalue weighted by Crippen LogP contribution is -2.42. The zero-order chi connectivity index (χ0) is 15.0. The van der Waals surface area contributed by atoms with Crippen molar-refractivity contribution in [3.8, 4) is 11.4 Å². The highest BCUT2D eigenvalue weighted by Gasteiger charge is 2.45. The molecule has 8 heteroatoms. The molecule has 0 spiro atoms. The molecular formula is C13H12Cl2N4O2.